The second-order valence-electron chi connectivity index (χ2n) is 4.89. The van der Waals surface area contributed by atoms with Gasteiger partial charge in [-0.05, 0) is 24.7 Å². The van der Waals surface area contributed by atoms with Crippen molar-refractivity contribution in [3.63, 3.8) is 0 Å². The van der Waals surface area contributed by atoms with Crippen LogP contribution in [0.1, 0.15) is 33.1 Å². The quantitative estimate of drug-likeness (QED) is 0.504. The maximum Gasteiger partial charge on any atom is 0.307 e. The molecule has 94 valence electrons. The first kappa shape index (κ1) is 13.5. The molecule has 0 aromatic carbocycles. The van der Waals surface area contributed by atoms with Crippen molar-refractivity contribution in [3.8, 4) is 0 Å². The highest BCUT2D eigenvalue weighted by molar-refractivity contribution is 5.70. The molecule has 1 unspecified atom stereocenters. The Morgan fingerprint density at radius 1 is 1.38 bits per heavy atom. The van der Waals surface area contributed by atoms with E-state index >= 15 is 0 Å². The van der Waals surface area contributed by atoms with Crippen LogP contribution in [0.15, 0.2) is 0 Å². The van der Waals surface area contributed by atoms with Crippen molar-refractivity contribution in [2.75, 3.05) is 19.8 Å². The van der Waals surface area contributed by atoms with E-state index in [-0.39, 0.29) is 12.0 Å². The SMILES string of the molecule is CC(C)COCCOC(=O)CC(N)C1CC1. The Kier molecular flexibility index (Phi) is 5.77. The summed E-state index contributed by atoms with van der Waals surface area (Å²) in [5.74, 6) is 0.858. The third kappa shape index (κ3) is 6.08. The number of nitrogens with two attached hydrogens (primary N) is 1. The van der Waals surface area contributed by atoms with Crippen molar-refractivity contribution in [2.45, 2.75) is 39.2 Å². The molecule has 0 bridgehead atoms. The lowest BCUT2D eigenvalue weighted by molar-refractivity contribution is -0.145. The minimum atomic E-state index is -0.201. The summed E-state index contributed by atoms with van der Waals surface area (Å²) in [5.41, 5.74) is 5.82. The Balaban J connectivity index is 1.93. The van der Waals surface area contributed by atoms with Gasteiger partial charge in [-0.2, -0.15) is 0 Å². The average Bonchev–Trinajstić information content (AvgIpc) is 2.99. The molecule has 1 aliphatic rings. The molecule has 0 radical (unpaired) electrons. The van der Waals surface area contributed by atoms with Crippen LogP contribution in [0.2, 0.25) is 0 Å². The van der Waals surface area contributed by atoms with Gasteiger partial charge in [0.05, 0.1) is 13.0 Å². The standard InChI is InChI=1S/C12H23NO3/c1-9(2)8-15-5-6-16-12(14)7-11(13)10-3-4-10/h9-11H,3-8,13H2,1-2H3. The van der Waals surface area contributed by atoms with E-state index in [2.05, 4.69) is 13.8 Å². The van der Waals surface area contributed by atoms with Crippen LogP contribution in [0, 0.1) is 11.8 Å². The summed E-state index contributed by atoms with van der Waals surface area (Å²) >= 11 is 0. The molecule has 1 rings (SSSR count). The summed E-state index contributed by atoms with van der Waals surface area (Å²) in [5, 5.41) is 0. The number of carbonyl (C=O) groups excluding carboxylic acids is 1. The Hall–Kier alpha value is -0.610. The highest BCUT2D eigenvalue weighted by atomic mass is 16.6. The fourth-order valence-corrected chi connectivity index (χ4v) is 1.48. The van der Waals surface area contributed by atoms with E-state index in [4.69, 9.17) is 15.2 Å². The predicted octanol–water partition coefficient (Wildman–Crippen LogP) is 1.33. The Labute approximate surface area is 97.5 Å². The van der Waals surface area contributed by atoms with Crippen LogP contribution in [0.25, 0.3) is 0 Å². The van der Waals surface area contributed by atoms with Gasteiger partial charge in [0.25, 0.3) is 0 Å². The van der Waals surface area contributed by atoms with Gasteiger partial charge in [-0.3, -0.25) is 4.79 Å². The molecule has 0 aliphatic heterocycles. The highest BCUT2D eigenvalue weighted by Crippen LogP contribution is 2.32. The van der Waals surface area contributed by atoms with Gasteiger partial charge in [-0.15, -0.1) is 0 Å². The highest BCUT2D eigenvalue weighted by Gasteiger charge is 2.30. The van der Waals surface area contributed by atoms with Crippen LogP contribution < -0.4 is 5.73 Å². The van der Waals surface area contributed by atoms with Crippen molar-refractivity contribution in [2.24, 2.45) is 17.6 Å². The first-order chi connectivity index (χ1) is 7.59. The molecule has 1 aliphatic carbocycles. The summed E-state index contributed by atoms with van der Waals surface area (Å²) in [7, 11) is 0. The van der Waals surface area contributed by atoms with E-state index in [1.165, 1.54) is 0 Å². The van der Waals surface area contributed by atoms with Crippen LogP contribution in [-0.4, -0.2) is 31.8 Å². The Morgan fingerprint density at radius 3 is 2.62 bits per heavy atom. The van der Waals surface area contributed by atoms with Crippen molar-refractivity contribution in [1.82, 2.24) is 0 Å². The summed E-state index contributed by atoms with van der Waals surface area (Å²) in [6.07, 6.45) is 2.66. The molecule has 2 N–H and O–H groups in total. The van der Waals surface area contributed by atoms with Gasteiger partial charge >= 0.3 is 5.97 Å². The number of rotatable bonds is 8. The van der Waals surface area contributed by atoms with E-state index < -0.39 is 0 Å². The number of ether oxygens (including phenoxy) is 2. The zero-order valence-corrected chi connectivity index (χ0v) is 10.3. The minimum absolute atomic E-state index is 0.0101. The maximum absolute atomic E-state index is 11.3. The van der Waals surface area contributed by atoms with E-state index in [1.807, 2.05) is 0 Å². The van der Waals surface area contributed by atoms with Crippen LogP contribution in [0.3, 0.4) is 0 Å². The smallest absolute Gasteiger partial charge is 0.307 e. The Morgan fingerprint density at radius 2 is 2.06 bits per heavy atom. The number of carbonyl (C=O) groups is 1. The summed E-state index contributed by atoms with van der Waals surface area (Å²) in [4.78, 5) is 11.3. The number of hydrogen-bond acceptors (Lipinski definition) is 4. The molecule has 0 aromatic heterocycles. The van der Waals surface area contributed by atoms with Crippen molar-refractivity contribution in [3.05, 3.63) is 0 Å². The van der Waals surface area contributed by atoms with Crippen molar-refractivity contribution < 1.29 is 14.3 Å². The lowest BCUT2D eigenvalue weighted by Gasteiger charge is -2.10. The van der Waals surface area contributed by atoms with Gasteiger partial charge in [-0.1, -0.05) is 13.8 Å². The monoisotopic (exact) mass is 229 g/mol. The first-order valence-corrected chi connectivity index (χ1v) is 6.08. The van der Waals surface area contributed by atoms with Gasteiger partial charge in [0.2, 0.25) is 0 Å². The molecule has 0 heterocycles. The summed E-state index contributed by atoms with van der Waals surface area (Å²) in [6, 6.07) is -0.0101. The molecular formula is C12H23NO3. The van der Waals surface area contributed by atoms with E-state index in [1.54, 1.807) is 0 Å². The third-order valence-corrected chi connectivity index (χ3v) is 2.57. The lowest BCUT2D eigenvalue weighted by Crippen LogP contribution is -2.27. The molecule has 0 spiro atoms. The number of hydrogen-bond donors (Lipinski definition) is 1. The zero-order valence-electron chi connectivity index (χ0n) is 10.3. The molecule has 0 aromatic rings. The maximum atomic E-state index is 11.3. The van der Waals surface area contributed by atoms with Gasteiger partial charge in [0, 0.05) is 12.6 Å². The first-order valence-electron chi connectivity index (χ1n) is 6.08. The van der Waals surface area contributed by atoms with Gasteiger partial charge < -0.3 is 15.2 Å². The van der Waals surface area contributed by atoms with Crippen LogP contribution >= 0.6 is 0 Å². The molecule has 1 fully saturated rings. The topological polar surface area (TPSA) is 61.5 Å². The summed E-state index contributed by atoms with van der Waals surface area (Å²) in [6.45, 7) is 5.69. The minimum Gasteiger partial charge on any atom is -0.463 e. The second kappa shape index (κ2) is 6.86. The molecule has 1 saturated carbocycles. The molecule has 4 heteroatoms. The number of esters is 1. The van der Waals surface area contributed by atoms with E-state index in [0.717, 1.165) is 12.8 Å². The van der Waals surface area contributed by atoms with Crippen molar-refractivity contribution >= 4 is 5.97 Å². The normalized spacial score (nSPS) is 17.5. The largest absolute Gasteiger partial charge is 0.463 e. The van der Waals surface area contributed by atoms with Gasteiger partial charge in [0.1, 0.15) is 6.61 Å². The lowest BCUT2D eigenvalue weighted by atomic mass is 10.1. The molecule has 1 atom stereocenters. The van der Waals surface area contributed by atoms with Crippen molar-refractivity contribution in [1.29, 1.82) is 0 Å². The molecule has 0 saturated heterocycles. The molecular weight excluding hydrogens is 206 g/mol. The fraction of sp³-hybridized carbons (Fsp3) is 0.917. The van der Waals surface area contributed by atoms with Crippen LogP contribution in [0.5, 0.6) is 0 Å². The predicted molar refractivity (Wildman–Crippen MR) is 61.9 cm³/mol. The third-order valence-electron chi connectivity index (χ3n) is 2.57. The van der Waals surface area contributed by atoms with Crippen LogP contribution in [-0.2, 0) is 14.3 Å². The second-order valence-corrected chi connectivity index (χ2v) is 4.89. The van der Waals surface area contributed by atoms with Gasteiger partial charge in [-0.25, -0.2) is 0 Å². The molecule has 16 heavy (non-hydrogen) atoms. The zero-order chi connectivity index (χ0) is 12.0. The molecule has 0 amide bonds. The average molecular weight is 229 g/mol. The van der Waals surface area contributed by atoms with Crippen LogP contribution in [0.4, 0.5) is 0 Å². The summed E-state index contributed by atoms with van der Waals surface area (Å²) < 4.78 is 10.3. The van der Waals surface area contributed by atoms with Gasteiger partial charge in [0.15, 0.2) is 0 Å². The fourth-order valence-electron chi connectivity index (χ4n) is 1.48. The molecule has 4 nitrogen and oxygen atoms in total. The van der Waals surface area contributed by atoms with E-state index in [9.17, 15) is 4.79 Å². The van der Waals surface area contributed by atoms with E-state index in [0.29, 0.717) is 38.1 Å². The Bertz CT molecular complexity index is 214.